The number of nitrogens with two attached hydrogens (primary N) is 2. The van der Waals surface area contributed by atoms with Crippen molar-refractivity contribution in [1.82, 2.24) is 9.80 Å². The Balaban J connectivity index is -0.0000000827. The first-order valence-electron chi connectivity index (χ1n) is 17.6. The number of amides is 4. The van der Waals surface area contributed by atoms with Crippen LogP contribution >= 0.6 is 31.9 Å². The number of carbonyl (C=O) groups is 4. The van der Waals surface area contributed by atoms with Gasteiger partial charge in [-0.1, -0.05) is 87.2 Å². The number of imide groups is 2. The molecule has 0 fully saturated rings. The van der Waals surface area contributed by atoms with Crippen LogP contribution in [0.5, 0.6) is 0 Å². The van der Waals surface area contributed by atoms with Crippen LogP contribution < -0.4 is 11.5 Å². The molecule has 0 aliphatic heterocycles. The maximum atomic E-state index is 11.7. The molecule has 0 aromatic rings. The molecular formula is C36H82Br2N4O8. The molecule has 0 aromatic heterocycles. The molecule has 0 saturated heterocycles. The molecule has 0 rings (SSSR count). The highest BCUT2D eigenvalue weighted by Gasteiger charge is 2.30. The molecule has 0 aromatic carbocycles. The van der Waals surface area contributed by atoms with Gasteiger partial charge < -0.3 is 30.4 Å². The quantitative estimate of drug-likeness (QED) is 0.202. The molecule has 0 spiro atoms. The highest BCUT2D eigenvalue weighted by Crippen LogP contribution is 2.15. The van der Waals surface area contributed by atoms with Gasteiger partial charge in [-0.05, 0) is 110 Å². The third-order valence-electron chi connectivity index (χ3n) is 3.09. The smallest absolute Gasteiger partial charge is 0.419 e. The summed E-state index contributed by atoms with van der Waals surface area (Å²) in [5, 5.41) is 2.12. The van der Waals surface area contributed by atoms with Crippen molar-refractivity contribution in [2.45, 2.75) is 175 Å². The number of ether oxygens (including phenoxy) is 4. The van der Waals surface area contributed by atoms with Gasteiger partial charge in [0.15, 0.2) is 0 Å². The summed E-state index contributed by atoms with van der Waals surface area (Å²) < 4.78 is 20.5. The third kappa shape index (κ3) is 64.8. The number of hydrogen-bond acceptors (Lipinski definition) is 10. The molecule has 0 aliphatic rings. The zero-order valence-electron chi connectivity index (χ0n) is 36.3. The molecule has 50 heavy (non-hydrogen) atoms. The van der Waals surface area contributed by atoms with Gasteiger partial charge in [0, 0.05) is 23.7 Å². The standard InChI is InChI=1S/2C12H23NO4.2C2H5Br.2C2H7N.2C2H6/c2*1-8-13(9(14)16-11(2,3)4)10(15)17-12(5,6)7;4*1-2-3;2*1-2/h2*8H2,1-7H3;2*2H2,1H3;2*2-3H2,1H3;2*1-2H3. The molecule has 14 heteroatoms. The van der Waals surface area contributed by atoms with Crippen LogP contribution in [0.2, 0.25) is 0 Å². The van der Waals surface area contributed by atoms with E-state index in [4.69, 9.17) is 30.4 Å². The molecule has 0 atom stereocenters. The zero-order chi connectivity index (χ0) is 42.5. The van der Waals surface area contributed by atoms with Crippen LogP contribution in [0.1, 0.15) is 152 Å². The highest BCUT2D eigenvalue weighted by molar-refractivity contribution is 9.09. The Morgan fingerprint density at radius 3 is 0.600 bits per heavy atom. The number of alkyl halides is 2. The summed E-state index contributed by atoms with van der Waals surface area (Å²) in [6.07, 6.45) is -2.74. The zero-order valence-corrected chi connectivity index (χ0v) is 39.5. The molecule has 4 amide bonds. The van der Waals surface area contributed by atoms with Crippen molar-refractivity contribution >= 4 is 56.2 Å². The van der Waals surface area contributed by atoms with Crippen molar-refractivity contribution in [1.29, 1.82) is 0 Å². The topological polar surface area (TPSA) is 164 Å². The lowest BCUT2D eigenvalue weighted by Gasteiger charge is -2.27. The molecule has 4 N–H and O–H groups in total. The third-order valence-corrected chi connectivity index (χ3v) is 3.09. The maximum absolute atomic E-state index is 11.7. The first-order chi connectivity index (χ1) is 22.6. The molecular weight excluding hydrogens is 776 g/mol. The van der Waals surface area contributed by atoms with E-state index in [1.807, 2.05) is 55.4 Å². The Morgan fingerprint density at radius 1 is 0.440 bits per heavy atom. The SMILES string of the molecule is CC.CC.CCBr.CCBr.CCN.CCN.CCN(C(=O)OC(C)(C)C)C(=O)OC(C)(C)C.CCN(C(=O)OC(C)(C)C)C(=O)OC(C)(C)C. The van der Waals surface area contributed by atoms with E-state index in [1.165, 1.54) is 0 Å². The Morgan fingerprint density at radius 2 is 0.540 bits per heavy atom. The number of nitrogens with zero attached hydrogens (tertiary/aromatic N) is 2. The Bertz CT molecular complexity index is 652. The van der Waals surface area contributed by atoms with Gasteiger partial charge in [-0.25, -0.2) is 29.0 Å². The van der Waals surface area contributed by atoms with E-state index >= 15 is 0 Å². The van der Waals surface area contributed by atoms with Crippen LogP contribution in [-0.4, -0.2) is 93.4 Å². The summed E-state index contributed by atoms with van der Waals surface area (Å²) in [6, 6.07) is 0. The first kappa shape index (κ1) is 66.6. The van der Waals surface area contributed by atoms with Crippen LogP contribution in [0.3, 0.4) is 0 Å². The number of rotatable bonds is 2. The van der Waals surface area contributed by atoms with Crippen molar-refractivity contribution in [3.8, 4) is 0 Å². The molecule has 0 heterocycles. The minimum Gasteiger partial charge on any atom is -0.443 e. The van der Waals surface area contributed by atoms with Gasteiger partial charge >= 0.3 is 24.4 Å². The second-order valence-electron chi connectivity index (χ2n) is 12.8. The lowest BCUT2D eigenvalue weighted by atomic mass is 10.2. The lowest BCUT2D eigenvalue weighted by molar-refractivity contribution is 0.000363. The summed E-state index contributed by atoms with van der Waals surface area (Å²) >= 11 is 6.29. The average molecular weight is 859 g/mol. The minimum absolute atomic E-state index is 0.212. The van der Waals surface area contributed by atoms with E-state index in [2.05, 4.69) is 31.9 Å². The van der Waals surface area contributed by atoms with Gasteiger partial charge in [-0.15, -0.1) is 0 Å². The van der Waals surface area contributed by atoms with Crippen molar-refractivity contribution in [2.24, 2.45) is 11.5 Å². The van der Waals surface area contributed by atoms with E-state index in [0.29, 0.717) is 0 Å². The number of hydrogen-bond donors (Lipinski definition) is 2. The normalized spacial score (nSPS) is 9.80. The predicted octanol–water partition coefficient (Wildman–Crippen LogP) is 11.1. The Hall–Kier alpha value is -1.64. The van der Waals surface area contributed by atoms with E-state index in [1.54, 1.807) is 96.9 Å². The van der Waals surface area contributed by atoms with Gasteiger partial charge in [0.25, 0.3) is 0 Å². The predicted molar refractivity (Wildman–Crippen MR) is 221 cm³/mol. The van der Waals surface area contributed by atoms with Crippen molar-refractivity contribution < 1.29 is 38.1 Å². The molecule has 0 unspecified atom stereocenters. The maximum Gasteiger partial charge on any atom is 0.419 e. The second kappa shape index (κ2) is 40.1. The molecule has 0 saturated carbocycles. The number of halogens is 2. The number of carbonyl (C=O) groups excluding carboxylic acids is 4. The first-order valence-corrected chi connectivity index (χ1v) is 19.8. The molecule has 0 aliphatic carbocycles. The van der Waals surface area contributed by atoms with E-state index in [0.717, 1.165) is 33.5 Å². The summed E-state index contributed by atoms with van der Waals surface area (Å²) in [5.41, 5.74) is 7.16. The van der Waals surface area contributed by atoms with Gasteiger partial charge in [-0.2, -0.15) is 0 Å². The van der Waals surface area contributed by atoms with Crippen LogP contribution in [0.4, 0.5) is 19.2 Å². The summed E-state index contributed by atoms with van der Waals surface area (Å²) in [6.45, 7) is 42.1. The monoisotopic (exact) mass is 856 g/mol. The fraction of sp³-hybridized carbons (Fsp3) is 0.889. The Kier molecular flexibility index (Phi) is 53.5. The summed E-state index contributed by atoms with van der Waals surface area (Å²) in [4.78, 5) is 48.8. The molecule has 0 bridgehead atoms. The molecule has 12 nitrogen and oxygen atoms in total. The van der Waals surface area contributed by atoms with Crippen LogP contribution in [-0.2, 0) is 18.9 Å². The summed E-state index contributed by atoms with van der Waals surface area (Å²) in [5.74, 6) is 0. The van der Waals surface area contributed by atoms with E-state index in [9.17, 15) is 19.2 Å². The Labute approximate surface area is 326 Å². The fourth-order valence-electron chi connectivity index (χ4n) is 1.93. The molecule has 0 radical (unpaired) electrons. The van der Waals surface area contributed by atoms with Gasteiger partial charge in [0.05, 0.1) is 0 Å². The van der Waals surface area contributed by atoms with Crippen molar-refractivity contribution in [2.75, 3.05) is 36.8 Å². The van der Waals surface area contributed by atoms with Crippen molar-refractivity contribution in [3.63, 3.8) is 0 Å². The largest absolute Gasteiger partial charge is 0.443 e. The van der Waals surface area contributed by atoms with Gasteiger partial charge in [0.2, 0.25) is 0 Å². The fourth-order valence-corrected chi connectivity index (χ4v) is 1.93. The van der Waals surface area contributed by atoms with Crippen LogP contribution in [0.15, 0.2) is 0 Å². The van der Waals surface area contributed by atoms with Crippen LogP contribution in [0.25, 0.3) is 0 Å². The summed E-state index contributed by atoms with van der Waals surface area (Å²) in [7, 11) is 0. The average Bonchev–Trinajstić information content (AvgIpc) is 2.90. The van der Waals surface area contributed by atoms with E-state index in [-0.39, 0.29) is 13.1 Å². The van der Waals surface area contributed by atoms with Crippen molar-refractivity contribution in [3.05, 3.63) is 0 Å². The highest BCUT2D eigenvalue weighted by atomic mass is 79.9. The molecule has 308 valence electrons. The van der Waals surface area contributed by atoms with Gasteiger partial charge in [0.1, 0.15) is 22.4 Å². The van der Waals surface area contributed by atoms with Crippen LogP contribution in [0, 0.1) is 0 Å². The van der Waals surface area contributed by atoms with Gasteiger partial charge in [-0.3, -0.25) is 0 Å². The minimum atomic E-state index is -0.686. The van der Waals surface area contributed by atoms with E-state index < -0.39 is 46.8 Å². The lowest BCUT2D eigenvalue weighted by Crippen LogP contribution is -2.43. The second-order valence-corrected chi connectivity index (χ2v) is 15.0.